The lowest BCUT2D eigenvalue weighted by Gasteiger charge is -2.24. The van der Waals surface area contributed by atoms with Crippen molar-refractivity contribution in [2.24, 2.45) is 5.92 Å². The lowest BCUT2D eigenvalue weighted by Crippen LogP contribution is -2.28. The van der Waals surface area contributed by atoms with Crippen molar-refractivity contribution in [1.29, 1.82) is 0 Å². The van der Waals surface area contributed by atoms with Crippen molar-refractivity contribution in [3.63, 3.8) is 0 Å². The molecule has 0 amide bonds. The zero-order valence-electron chi connectivity index (χ0n) is 9.53. The van der Waals surface area contributed by atoms with E-state index in [1.165, 1.54) is 6.20 Å². The topological polar surface area (TPSA) is 44.1 Å². The highest BCUT2D eigenvalue weighted by molar-refractivity contribution is 5.87. The molecule has 1 aromatic heterocycles. The van der Waals surface area contributed by atoms with Crippen molar-refractivity contribution in [3.05, 3.63) is 17.7 Å². The molecule has 0 saturated heterocycles. The molecular weight excluding hydrogens is 230 g/mol. The third-order valence-electron chi connectivity index (χ3n) is 2.93. The molecule has 1 aliphatic heterocycles. The molecule has 2 rings (SSSR count). The van der Waals surface area contributed by atoms with Gasteiger partial charge in [-0.15, -0.1) is 0 Å². The monoisotopic (exact) mass is 244 g/mol. The summed E-state index contributed by atoms with van der Waals surface area (Å²) in [4.78, 5) is 15.7. The van der Waals surface area contributed by atoms with Gasteiger partial charge in [0.05, 0.1) is 12.8 Å². The fourth-order valence-electron chi connectivity index (χ4n) is 2.03. The number of fused-ring (bicyclic) bond motifs is 1. The van der Waals surface area contributed by atoms with Crippen LogP contribution >= 0.6 is 0 Å². The Morgan fingerprint density at radius 2 is 2.47 bits per heavy atom. The number of imidazole rings is 1. The molecule has 0 spiro atoms. The molecule has 0 fully saturated rings. The van der Waals surface area contributed by atoms with E-state index in [0.717, 1.165) is 0 Å². The van der Waals surface area contributed by atoms with Gasteiger partial charge in [-0.3, -0.25) is 0 Å². The minimum atomic E-state index is -2.36. The van der Waals surface area contributed by atoms with Crippen LogP contribution in [0.5, 0.6) is 0 Å². The van der Waals surface area contributed by atoms with E-state index in [2.05, 4.69) is 4.98 Å². The quantitative estimate of drug-likeness (QED) is 0.763. The fourth-order valence-corrected chi connectivity index (χ4v) is 2.03. The predicted molar refractivity (Wildman–Crippen MR) is 56.0 cm³/mol. The lowest BCUT2D eigenvalue weighted by molar-refractivity contribution is 0.0455. The zero-order valence-corrected chi connectivity index (χ0v) is 9.53. The molecule has 0 aliphatic carbocycles. The van der Waals surface area contributed by atoms with Gasteiger partial charge in [-0.05, 0) is 13.3 Å². The zero-order chi connectivity index (χ0) is 12.4. The number of esters is 1. The summed E-state index contributed by atoms with van der Waals surface area (Å²) >= 11 is 0. The number of halogens is 2. The first kappa shape index (κ1) is 12.0. The first-order valence-electron chi connectivity index (χ1n) is 5.63. The van der Waals surface area contributed by atoms with Crippen molar-refractivity contribution in [3.8, 4) is 0 Å². The molecule has 0 aromatic carbocycles. The molecule has 1 aliphatic rings. The van der Waals surface area contributed by atoms with Crippen LogP contribution in [0.1, 0.15) is 29.7 Å². The molecule has 1 atom stereocenters. The van der Waals surface area contributed by atoms with Gasteiger partial charge in [0.15, 0.2) is 0 Å². The Labute approximate surface area is 97.6 Å². The van der Waals surface area contributed by atoms with Crippen molar-refractivity contribution < 1.29 is 18.3 Å². The second-order valence-electron chi connectivity index (χ2n) is 4.02. The van der Waals surface area contributed by atoms with Gasteiger partial charge in [0.2, 0.25) is 6.43 Å². The van der Waals surface area contributed by atoms with Gasteiger partial charge in [-0.25, -0.2) is 18.6 Å². The Morgan fingerprint density at radius 1 is 1.71 bits per heavy atom. The Bertz CT molecular complexity index is 418. The second-order valence-corrected chi connectivity index (χ2v) is 4.02. The molecule has 94 valence electrons. The number of rotatable bonds is 3. The van der Waals surface area contributed by atoms with Gasteiger partial charge in [0, 0.05) is 18.9 Å². The van der Waals surface area contributed by atoms with E-state index in [-0.39, 0.29) is 18.8 Å². The number of nitrogens with zero attached hydrogens (tertiary/aromatic N) is 2. The van der Waals surface area contributed by atoms with Gasteiger partial charge >= 0.3 is 5.97 Å². The van der Waals surface area contributed by atoms with E-state index >= 15 is 0 Å². The Morgan fingerprint density at radius 3 is 3.12 bits per heavy atom. The van der Waals surface area contributed by atoms with E-state index in [4.69, 9.17) is 4.74 Å². The van der Waals surface area contributed by atoms with Gasteiger partial charge in [0.25, 0.3) is 0 Å². The van der Waals surface area contributed by atoms with E-state index in [0.29, 0.717) is 18.7 Å². The molecule has 0 saturated carbocycles. The number of carbonyl (C=O) groups is 1. The summed E-state index contributed by atoms with van der Waals surface area (Å²) in [6.07, 6.45) is -0.0624. The first-order valence-corrected chi connectivity index (χ1v) is 5.63. The molecule has 1 unspecified atom stereocenters. The molecule has 1 aromatic rings. The largest absolute Gasteiger partial charge is 0.461 e. The standard InChI is InChI=1S/C11H14F2N2O2/c1-2-17-11(16)8-5-14-9-4-3-7(10(12)13)6-15(8)9/h5,7,10H,2-4,6H2,1H3. The third kappa shape index (κ3) is 2.30. The summed E-state index contributed by atoms with van der Waals surface area (Å²) in [5, 5.41) is 0. The van der Waals surface area contributed by atoms with Crippen LogP contribution in [0.15, 0.2) is 6.20 Å². The first-order chi connectivity index (χ1) is 8.13. The highest BCUT2D eigenvalue weighted by atomic mass is 19.3. The van der Waals surface area contributed by atoms with Gasteiger partial charge in [0.1, 0.15) is 11.5 Å². The molecule has 0 radical (unpaired) electrons. The maximum Gasteiger partial charge on any atom is 0.356 e. The Balaban J connectivity index is 2.22. The van der Waals surface area contributed by atoms with E-state index in [1.807, 2.05) is 0 Å². The van der Waals surface area contributed by atoms with Gasteiger partial charge in [-0.2, -0.15) is 0 Å². The minimum absolute atomic E-state index is 0.140. The van der Waals surface area contributed by atoms with Crippen LogP contribution < -0.4 is 0 Å². The number of hydrogen-bond acceptors (Lipinski definition) is 3. The number of alkyl halides is 2. The van der Waals surface area contributed by atoms with E-state index < -0.39 is 18.3 Å². The maximum absolute atomic E-state index is 12.7. The van der Waals surface area contributed by atoms with Crippen LogP contribution in [0.2, 0.25) is 0 Å². The van der Waals surface area contributed by atoms with Crippen LogP contribution in [-0.4, -0.2) is 28.6 Å². The van der Waals surface area contributed by atoms with Crippen molar-refractivity contribution in [2.45, 2.75) is 32.7 Å². The van der Waals surface area contributed by atoms with Crippen LogP contribution in [0, 0.1) is 5.92 Å². The summed E-state index contributed by atoms with van der Waals surface area (Å²) in [5.41, 5.74) is 0.271. The molecule has 2 heterocycles. The van der Waals surface area contributed by atoms with Crippen molar-refractivity contribution >= 4 is 5.97 Å². The highest BCUT2D eigenvalue weighted by Crippen LogP contribution is 2.26. The van der Waals surface area contributed by atoms with E-state index in [1.54, 1.807) is 11.5 Å². The average molecular weight is 244 g/mol. The molecule has 0 bridgehead atoms. The molecule has 6 heteroatoms. The lowest BCUT2D eigenvalue weighted by atomic mass is 10.00. The van der Waals surface area contributed by atoms with Gasteiger partial charge in [-0.1, -0.05) is 0 Å². The third-order valence-corrected chi connectivity index (χ3v) is 2.93. The van der Waals surface area contributed by atoms with Crippen LogP contribution in [-0.2, 0) is 17.7 Å². The summed E-state index contributed by atoms with van der Waals surface area (Å²) in [5.74, 6) is -0.518. The average Bonchev–Trinajstić information content (AvgIpc) is 2.71. The second kappa shape index (κ2) is 4.81. The van der Waals surface area contributed by atoms with Crippen LogP contribution in [0.3, 0.4) is 0 Å². The smallest absolute Gasteiger partial charge is 0.356 e. The summed E-state index contributed by atoms with van der Waals surface area (Å²) < 4.78 is 31.7. The number of ether oxygens (including phenoxy) is 1. The summed E-state index contributed by atoms with van der Waals surface area (Å²) in [6, 6.07) is 0. The number of carbonyl (C=O) groups excluding carboxylic acids is 1. The molecular formula is C11H14F2N2O2. The summed E-state index contributed by atoms with van der Waals surface area (Å²) in [7, 11) is 0. The van der Waals surface area contributed by atoms with Crippen LogP contribution in [0.25, 0.3) is 0 Å². The van der Waals surface area contributed by atoms with Crippen molar-refractivity contribution in [1.82, 2.24) is 9.55 Å². The fraction of sp³-hybridized carbons (Fsp3) is 0.636. The molecule has 0 N–H and O–H groups in total. The van der Waals surface area contributed by atoms with Crippen molar-refractivity contribution in [2.75, 3.05) is 6.61 Å². The predicted octanol–water partition coefficient (Wildman–Crippen LogP) is 1.89. The Hall–Kier alpha value is -1.46. The maximum atomic E-state index is 12.7. The Kier molecular flexibility index (Phi) is 3.40. The number of aryl methyl sites for hydroxylation is 1. The van der Waals surface area contributed by atoms with E-state index in [9.17, 15) is 13.6 Å². The normalized spacial score (nSPS) is 19.2. The molecule has 4 nitrogen and oxygen atoms in total. The number of aromatic nitrogens is 2. The summed E-state index contributed by atoms with van der Waals surface area (Å²) in [6.45, 7) is 2.10. The number of hydrogen-bond donors (Lipinski definition) is 0. The minimum Gasteiger partial charge on any atom is -0.461 e. The SMILES string of the molecule is CCOC(=O)c1cnc2n1CC(C(F)F)CC2. The van der Waals surface area contributed by atoms with Gasteiger partial charge < -0.3 is 9.30 Å². The van der Waals surface area contributed by atoms with Crippen LogP contribution in [0.4, 0.5) is 8.78 Å². The molecule has 17 heavy (non-hydrogen) atoms. The highest BCUT2D eigenvalue weighted by Gasteiger charge is 2.29.